The normalized spacial score (nSPS) is 10.9. The van der Waals surface area contributed by atoms with Gasteiger partial charge in [0.05, 0.1) is 12.2 Å². The van der Waals surface area contributed by atoms with Gasteiger partial charge in [0, 0.05) is 12.4 Å². The Morgan fingerprint density at radius 3 is 2.40 bits per heavy atom. The highest BCUT2D eigenvalue weighted by Gasteiger charge is 2.07. The molecule has 5 heteroatoms. The molecule has 0 aliphatic heterocycles. The van der Waals surface area contributed by atoms with Gasteiger partial charge in [0.1, 0.15) is 18.0 Å². The van der Waals surface area contributed by atoms with Gasteiger partial charge in [-0.2, -0.15) is 0 Å². The minimum absolute atomic E-state index is 0.111. The van der Waals surface area contributed by atoms with E-state index in [1.165, 1.54) is 0 Å². The Balaban J connectivity index is 1.58. The fourth-order valence-corrected chi connectivity index (χ4v) is 2.72. The predicted octanol–water partition coefficient (Wildman–Crippen LogP) is 3.12. The average molecular weight is 331 g/mol. The van der Waals surface area contributed by atoms with Crippen LogP contribution < -0.4 is 10.4 Å². The molecule has 0 bridgehead atoms. The van der Waals surface area contributed by atoms with Gasteiger partial charge in [0.15, 0.2) is 0 Å². The lowest BCUT2D eigenvalue weighted by molar-refractivity contribution is 0.302. The van der Waals surface area contributed by atoms with Crippen LogP contribution in [0.2, 0.25) is 0 Å². The lowest BCUT2D eigenvalue weighted by atomic mass is 10.2. The first kappa shape index (κ1) is 15.2. The van der Waals surface area contributed by atoms with Crippen molar-refractivity contribution in [3.05, 3.63) is 101 Å². The van der Waals surface area contributed by atoms with Crippen molar-refractivity contribution in [1.82, 2.24) is 14.0 Å². The zero-order valence-corrected chi connectivity index (χ0v) is 13.6. The largest absolute Gasteiger partial charge is 0.487 e. The summed E-state index contributed by atoms with van der Waals surface area (Å²) >= 11 is 0. The summed E-state index contributed by atoms with van der Waals surface area (Å²) in [5.41, 5.74) is 2.32. The van der Waals surface area contributed by atoms with Crippen molar-refractivity contribution >= 4 is 5.65 Å². The molecule has 25 heavy (non-hydrogen) atoms. The number of imidazole rings is 1. The third-order valence-electron chi connectivity index (χ3n) is 3.96. The first-order valence-corrected chi connectivity index (χ1v) is 8.09. The molecule has 124 valence electrons. The fraction of sp³-hybridized carbons (Fsp3) is 0.100. The van der Waals surface area contributed by atoms with E-state index < -0.39 is 0 Å². The SMILES string of the molecule is O=c1n(Cc2ccccc2)ccc2nc(COc3ccccc3)cn12. The van der Waals surface area contributed by atoms with Crippen molar-refractivity contribution in [2.45, 2.75) is 13.2 Å². The molecule has 0 radical (unpaired) electrons. The molecule has 0 saturated heterocycles. The summed E-state index contributed by atoms with van der Waals surface area (Å²) in [5, 5.41) is 0. The molecule has 0 atom stereocenters. The molecule has 0 unspecified atom stereocenters. The van der Waals surface area contributed by atoms with E-state index in [9.17, 15) is 4.79 Å². The zero-order chi connectivity index (χ0) is 17.1. The van der Waals surface area contributed by atoms with Crippen LogP contribution in [0.4, 0.5) is 0 Å². The molecule has 2 aromatic carbocycles. The van der Waals surface area contributed by atoms with Crippen molar-refractivity contribution in [3.63, 3.8) is 0 Å². The lowest BCUT2D eigenvalue weighted by Gasteiger charge is -2.05. The number of nitrogens with zero attached hydrogens (tertiary/aromatic N) is 3. The van der Waals surface area contributed by atoms with Gasteiger partial charge in [-0.25, -0.2) is 9.78 Å². The predicted molar refractivity (Wildman–Crippen MR) is 95.8 cm³/mol. The van der Waals surface area contributed by atoms with Gasteiger partial charge in [0.2, 0.25) is 0 Å². The van der Waals surface area contributed by atoms with Crippen LogP contribution in [0.5, 0.6) is 5.75 Å². The van der Waals surface area contributed by atoms with Crippen molar-refractivity contribution in [2.24, 2.45) is 0 Å². The summed E-state index contributed by atoms with van der Waals surface area (Å²) in [6.45, 7) is 0.855. The Morgan fingerprint density at radius 2 is 1.64 bits per heavy atom. The molecule has 0 fully saturated rings. The number of benzene rings is 2. The van der Waals surface area contributed by atoms with Crippen LogP contribution in [0.1, 0.15) is 11.3 Å². The Labute approximate surface area is 144 Å². The quantitative estimate of drug-likeness (QED) is 0.564. The Kier molecular flexibility index (Phi) is 4.04. The molecule has 0 aliphatic rings. The monoisotopic (exact) mass is 331 g/mol. The van der Waals surface area contributed by atoms with Gasteiger partial charge >= 0.3 is 5.69 Å². The summed E-state index contributed by atoms with van der Waals surface area (Å²) in [6.07, 6.45) is 3.52. The smallest absolute Gasteiger partial charge is 0.334 e. The molecule has 2 aromatic heterocycles. The first-order chi connectivity index (χ1) is 12.3. The van der Waals surface area contributed by atoms with E-state index in [1.54, 1.807) is 21.4 Å². The maximum absolute atomic E-state index is 12.7. The maximum Gasteiger partial charge on any atom is 0.334 e. The van der Waals surface area contributed by atoms with Gasteiger partial charge < -0.3 is 4.74 Å². The number of aromatic nitrogens is 3. The van der Waals surface area contributed by atoms with Crippen molar-refractivity contribution in [3.8, 4) is 5.75 Å². The summed E-state index contributed by atoms with van der Waals surface area (Å²) in [7, 11) is 0. The number of fused-ring (bicyclic) bond motifs is 1. The minimum Gasteiger partial charge on any atom is -0.487 e. The fourth-order valence-electron chi connectivity index (χ4n) is 2.72. The maximum atomic E-state index is 12.7. The van der Waals surface area contributed by atoms with E-state index in [4.69, 9.17) is 4.74 Å². The van der Waals surface area contributed by atoms with E-state index in [0.29, 0.717) is 18.8 Å². The second-order valence-electron chi connectivity index (χ2n) is 5.77. The number of hydrogen-bond donors (Lipinski definition) is 0. The topological polar surface area (TPSA) is 48.5 Å². The van der Waals surface area contributed by atoms with Crippen LogP contribution >= 0.6 is 0 Å². The molecule has 0 spiro atoms. The van der Waals surface area contributed by atoms with Gasteiger partial charge in [-0.1, -0.05) is 48.5 Å². The van der Waals surface area contributed by atoms with E-state index in [-0.39, 0.29) is 5.69 Å². The minimum atomic E-state index is -0.111. The molecule has 0 aliphatic carbocycles. The highest BCUT2D eigenvalue weighted by atomic mass is 16.5. The summed E-state index contributed by atoms with van der Waals surface area (Å²) < 4.78 is 8.94. The molecule has 4 rings (SSSR count). The van der Waals surface area contributed by atoms with Gasteiger partial charge in [-0.15, -0.1) is 0 Å². The molecule has 0 N–H and O–H groups in total. The van der Waals surface area contributed by atoms with Gasteiger partial charge in [-0.05, 0) is 23.8 Å². The zero-order valence-electron chi connectivity index (χ0n) is 13.6. The third kappa shape index (κ3) is 3.30. The average Bonchev–Trinajstić information content (AvgIpc) is 3.08. The summed E-state index contributed by atoms with van der Waals surface area (Å²) in [6, 6.07) is 21.3. The highest BCUT2D eigenvalue weighted by Crippen LogP contribution is 2.11. The van der Waals surface area contributed by atoms with Crippen LogP contribution in [0.3, 0.4) is 0 Å². The lowest BCUT2D eigenvalue weighted by Crippen LogP contribution is -2.25. The van der Waals surface area contributed by atoms with Gasteiger partial charge in [0.25, 0.3) is 0 Å². The summed E-state index contributed by atoms with van der Waals surface area (Å²) in [5.74, 6) is 0.779. The van der Waals surface area contributed by atoms with Crippen LogP contribution in [-0.4, -0.2) is 14.0 Å². The molecule has 4 aromatic rings. The van der Waals surface area contributed by atoms with E-state index >= 15 is 0 Å². The summed E-state index contributed by atoms with van der Waals surface area (Å²) in [4.78, 5) is 17.1. The molecule has 0 amide bonds. The van der Waals surface area contributed by atoms with Crippen molar-refractivity contribution < 1.29 is 4.74 Å². The molecule has 0 saturated carbocycles. The van der Waals surface area contributed by atoms with Crippen molar-refractivity contribution in [1.29, 1.82) is 0 Å². The van der Waals surface area contributed by atoms with Crippen LogP contribution in [0.15, 0.2) is 83.9 Å². The molecule has 2 heterocycles. The highest BCUT2D eigenvalue weighted by molar-refractivity contribution is 5.38. The Hall–Kier alpha value is -3.34. The Morgan fingerprint density at radius 1 is 0.920 bits per heavy atom. The van der Waals surface area contributed by atoms with Gasteiger partial charge in [-0.3, -0.25) is 8.97 Å². The standard InChI is InChI=1S/C20H17N3O2/c24-20-22(13-16-7-3-1-4-8-16)12-11-19-21-17(14-23(19)20)15-25-18-9-5-2-6-10-18/h1-12,14H,13,15H2. The Bertz CT molecular complexity index is 1040. The van der Waals surface area contributed by atoms with E-state index in [2.05, 4.69) is 4.98 Å². The molecular formula is C20H17N3O2. The van der Waals surface area contributed by atoms with Crippen LogP contribution in [0.25, 0.3) is 5.65 Å². The number of para-hydroxylation sites is 1. The second-order valence-corrected chi connectivity index (χ2v) is 5.77. The van der Waals surface area contributed by atoms with Crippen molar-refractivity contribution in [2.75, 3.05) is 0 Å². The van der Waals surface area contributed by atoms with Crippen LogP contribution in [0, 0.1) is 0 Å². The van der Waals surface area contributed by atoms with Crippen LogP contribution in [-0.2, 0) is 13.2 Å². The van der Waals surface area contributed by atoms with E-state index in [1.807, 2.05) is 66.7 Å². The molecular weight excluding hydrogens is 314 g/mol. The first-order valence-electron chi connectivity index (χ1n) is 8.09. The number of hydrogen-bond acceptors (Lipinski definition) is 3. The third-order valence-corrected chi connectivity index (χ3v) is 3.96. The molecule has 5 nitrogen and oxygen atoms in total. The number of rotatable bonds is 5. The second kappa shape index (κ2) is 6.65. The van der Waals surface area contributed by atoms with E-state index in [0.717, 1.165) is 17.0 Å². The number of ether oxygens (including phenoxy) is 1.